The van der Waals surface area contributed by atoms with Crippen molar-refractivity contribution in [3.63, 3.8) is 0 Å². The van der Waals surface area contributed by atoms with E-state index in [1.807, 2.05) is 6.92 Å². The molecule has 1 aliphatic rings. The maximum absolute atomic E-state index is 13.0. The average molecular weight is 374 g/mol. The number of halogens is 3. The number of rotatable bonds is 2. The lowest BCUT2D eigenvalue weighted by Gasteiger charge is -2.17. The average Bonchev–Trinajstić information content (AvgIpc) is 2.59. The molecule has 108 valence electrons. The van der Waals surface area contributed by atoms with Crippen LogP contribution < -0.4 is 5.73 Å². The largest absolute Gasteiger partial charge is 0.326 e. The van der Waals surface area contributed by atoms with Gasteiger partial charge >= 0.3 is 0 Å². The molecular formula is C11H15BrClFN2O2S. The summed E-state index contributed by atoms with van der Waals surface area (Å²) >= 11 is 3.08. The Morgan fingerprint density at radius 1 is 1.42 bits per heavy atom. The summed E-state index contributed by atoms with van der Waals surface area (Å²) in [5, 5.41) is 0. The second-order valence-corrected chi connectivity index (χ2v) is 7.30. The fourth-order valence-electron chi connectivity index (χ4n) is 1.97. The van der Waals surface area contributed by atoms with Crippen LogP contribution in [0.15, 0.2) is 27.6 Å². The van der Waals surface area contributed by atoms with Gasteiger partial charge < -0.3 is 5.73 Å². The minimum absolute atomic E-state index is 0. The summed E-state index contributed by atoms with van der Waals surface area (Å²) in [4.78, 5) is 0.0743. The Morgan fingerprint density at radius 3 is 2.53 bits per heavy atom. The molecule has 0 aliphatic carbocycles. The number of nitrogens with zero attached hydrogens (tertiary/aromatic N) is 1. The summed E-state index contributed by atoms with van der Waals surface area (Å²) < 4.78 is 39.3. The van der Waals surface area contributed by atoms with Crippen molar-refractivity contribution >= 4 is 38.4 Å². The summed E-state index contributed by atoms with van der Waals surface area (Å²) in [5.74, 6) is -0.355. The first-order valence-electron chi connectivity index (χ1n) is 5.53. The molecule has 2 N–H and O–H groups in total. The molecule has 1 saturated heterocycles. The van der Waals surface area contributed by atoms with E-state index in [0.717, 1.165) is 12.1 Å². The van der Waals surface area contributed by atoms with Crippen LogP contribution in [0.4, 0.5) is 4.39 Å². The maximum atomic E-state index is 13.0. The van der Waals surface area contributed by atoms with Gasteiger partial charge in [-0.1, -0.05) is 6.92 Å². The van der Waals surface area contributed by atoms with Gasteiger partial charge in [0.25, 0.3) is 0 Å². The zero-order valence-electron chi connectivity index (χ0n) is 10.2. The van der Waals surface area contributed by atoms with Crippen LogP contribution in [-0.2, 0) is 10.0 Å². The van der Waals surface area contributed by atoms with Crippen LogP contribution in [-0.4, -0.2) is 31.9 Å². The van der Waals surface area contributed by atoms with Crippen LogP contribution in [0, 0.1) is 11.7 Å². The fourth-order valence-corrected chi connectivity index (χ4v) is 4.55. The van der Waals surface area contributed by atoms with Gasteiger partial charge in [-0.15, -0.1) is 12.4 Å². The monoisotopic (exact) mass is 372 g/mol. The molecule has 1 heterocycles. The molecule has 0 spiro atoms. The number of hydrogen-bond donors (Lipinski definition) is 1. The van der Waals surface area contributed by atoms with Gasteiger partial charge in [0.15, 0.2) is 0 Å². The minimum Gasteiger partial charge on any atom is -0.326 e. The Bertz CT molecular complexity index is 560. The smallest absolute Gasteiger partial charge is 0.244 e. The first-order chi connectivity index (χ1) is 8.32. The highest BCUT2D eigenvalue weighted by molar-refractivity contribution is 9.10. The van der Waals surface area contributed by atoms with Gasteiger partial charge in [0.1, 0.15) is 5.82 Å². The number of nitrogens with two attached hydrogens (primary N) is 1. The van der Waals surface area contributed by atoms with Gasteiger partial charge in [0.05, 0.1) is 4.90 Å². The molecule has 0 radical (unpaired) electrons. The first kappa shape index (κ1) is 16.8. The van der Waals surface area contributed by atoms with Crippen molar-refractivity contribution in [3.05, 3.63) is 28.5 Å². The summed E-state index contributed by atoms with van der Waals surface area (Å²) in [5.41, 5.74) is 5.83. The van der Waals surface area contributed by atoms with E-state index in [4.69, 9.17) is 5.73 Å². The van der Waals surface area contributed by atoms with E-state index in [1.165, 1.54) is 10.4 Å². The molecule has 2 unspecified atom stereocenters. The maximum Gasteiger partial charge on any atom is 0.244 e. The van der Waals surface area contributed by atoms with E-state index in [0.29, 0.717) is 13.1 Å². The topological polar surface area (TPSA) is 63.4 Å². The van der Waals surface area contributed by atoms with Gasteiger partial charge in [-0.3, -0.25) is 0 Å². The van der Waals surface area contributed by atoms with E-state index < -0.39 is 15.8 Å². The molecule has 2 atom stereocenters. The third-order valence-corrected chi connectivity index (χ3v) is 5.96. The first-order valence-corrected chi connectivity index (χ1v) is 7.76. The van der Waals surface area contributed by atoms with Crippen molar-refractivity contribution in [2.24, 2.45) is 11.7 Å². The number of benzene rings is 1. The second kappa shape index (κ2) is 6.05. The zero-order valence-corrected chi connectivity index (χ0v) is 13.4. The zero-order chi connectivity index (χ0) is 13.5. The Balaban J connectivity index is 0.00000180. The highest BCUT2D eigenvalue weighted by Crippen LogP contribution is 2.29. The van der Waals surface area contributed by atoms with Crippen LogP contribution in [0.2, 0.25) is 0 Å². The lowest BCUT2D eigenvalue weighted by Crippen LogP contribution is -2.32. The van der Waals surface area contributed by atoms with E-state index in [1.54, 1.807) is 0 Å². The molecule has 1 aromatic rings. The fraction of sp³-hybridized carbons (Fsp3) is 0.455. The SMILES string of the molecule is CC1CN(S(=O)(=O)c2ccc(F)cc2Br)CC1N.Cl. The Kier molecular flexibility index (Phi) is 5.36. The Hall–Kier alpha value is -0.210. The minimum atomic E-state index is -3.61. The van der Waals surface area contributed by atoms with Gasteiger partial charge in [0.2, 0.25) is 10.0 Å². The molecule has 0 aromatic heterocycles. The van der Waals surface area contributed by atoms with E-state index in [2.05, 4.69) is 15.9 Å². The molecule has 1 fully saturated rings. The van der Waals surface area contributed by atoms with E-state index >= 15 is 0 Å². The van der Waals surface area contributed by atoms with Crippen LogP contribution in [0.3, 0.4) is 0 Å². The van der Waals surface area contributed by atoms with Crippen molar-refractivity contribution in [1.29, 1.82) is 0 Å². The van der Waals surface area contributed by atoms with Gasteiger partial charge in [0, 0.05) is 23.6 Å². The number of hydrogen-bond acceptors (Lipinski definition) is 3. The van der Waals surface area contributed by atoms with Gasteiger partial charge in [-0.2, -0.15) is 4.31 Å². The highest BCUT2D eigenvalue weighted by atomic mass is 79.9. The summed E-state index contributed by atoms with van der Waals surface area (Å²) in [6.07, 6.45) is 0. The molecule has 2 rings (SSSR count). The van der Waals surface area contributed by atoms with Crippen LogP contribution >= 0.6 is 28.3 Å². The van der Waals surface area contributed by atoms with E-state index in [-0.39, 0.29) is 33.7 Å². The third kappa shape index (κ3) is 3.28. The predicted octanol–water partition coefficient (Wildman–Crippen LogP) is 1.98. The normalized spacial score (nSPS) is 24.2. The van der Waals surface area contributed by atoms with Gasteiger partial charge in [-0.25, -0.2) is 12.8 Å². The van der Waals surface area contributed by atoms with Crippen molar-refractivity contribution in [2.75, 3.05) is 13.1 Å². The lowest BCUT2D eigenvalue weighted by atomic mass is 10.1. The molecule has 4 nitrogen and oxygen atoms in total. The van der Waals surface area contributed by atoms with Crippen LogP contribution in [0.1, 0.15) is 6.92 Å². The van der Waals surface area contributed by atoms with Crippen molar-refractivity contribution in [3.8, 4) is 0 Å². The molecule has 0 saturated carbocycles. The lowest BCUT2D eigenvalue weighted by molar-refractivity contribution is 0.463. The highest BCUT2D eigenvalue weighted by Gasteiger charge is 2.36. The molecule has 8 heteroatoms. The van der Waals surface area contributed by atoms with Crippen molar-refractivity contribution in [2.45, 2.75) is 17.9 Å². The van der Waals surface area contributed by atoms with Crippen molar-refractivity contribution in [1.82, 2.24) is 4.31 Å². The molecule has 19 heavy (non-hydrogen) atoms. The standard InChI is InChI=1S/C11H14BrFN2O2S.ClH/c1-7-5-15(6-10(7)14)18(16,17)11-3-2-8(13)4-9(11)12;/h2-4,7,10H,5-6,14H2,1H3;1H. The van der Waals surface area contributed by atoms with Gasteiger partial charge in [-0.05, 0) is 40.0 Å². The van der Waals surface area contributed by atoms with E-state index in [9.17, 15) is 12.8 Å². The van der Waals surface area contributed by atoms with Crippen molar-refractivity contribution < 1.29 is 12.8 Å². The Labute approximate surface area is 126 Å². The Morgan fingerprint density at radius 2 is 2.05 bits per heavy atom. The summed E-state index contributed by atoms with van der Waals surface area (Å²) in [6.45, 7) is 2.61. The molecule has 1 aliphatic heterocycles. The summed E-state index contributed by atoms with van der Waals surface area (Å²) in [6, 6.07) is 3.39. The summed E-state index contributed by atoms with van der Waals surface area (Å²) in [7, 11) is -3.61. The molecular weight excluding hydrogens is 359 g/mol. The molecule has 1 aromatic carbocycles. The second-order valence-electron chi connectivity index (χ2n) is 4.54. The third-order valence-electron chi connectivity index (χ3n) is 3.15. The molecule has 0 bridgehead atoms. The number of sulfonamides is 1. The predicted molar refractivity (Wildman–Crippen MR) is 77.2 cm³/mol. The quantitative estimate of drug-likeness (QED) is 0.862. The van der Waals surface area contributed by atoms with Crippen LogP contribution in [0.5, 0.6) is 0 Å². The van der Waals surface area contributed by atoms with Crippen LogP contribution in [0.25, 0.3) is 0 Å². The molecule has 0 amide bonds.